The van der Waals surface area contributed by atoms with Crippen LogP contribution in [0.4, 0.5) is 4.39 Å². The molecule has 1 rings (SSSR count). The molecule has 0 fully saturated rings. The zero-order valence-corrected chi connectivity index (χ0v) is 10.8. The first kappa shape index (κ1) is 14.1. The van der Waals surface area contributed by atoms with Crippen LogP contribution in [-0.4, -0.2) is 11.6 Å². The standard InChI is InChI=1S/C14H17FN2O/c1-8(2)13(16)12(14(17)18)9(3)10-4-6-11(15)7-5-10/h4-8,16H,1-3H3,(H2,17,18)/b12-9-,16-13?. The Hall–Kier alpha value is -1.97. The van der Waals surface area contributed by atoms with E-state index < -0.39 is 5.91 Å². The molecule has 4 heteroatoms. The van der Waals surface area contributed by atoms with E-state index in [4.69, 9.17) is 11.1 Å². The number of nitrogens with one attached hydrogen (secondary N) is 1. The SMILES string of the molecule is C/C(=C(\C(=N)C(C)C)C(N)=O)c1ccc(F)cc1. The third kappa shape index (κ3) is 3.03. The van der Waals surface area contributed by atoms with Gasteiger partial charge >= 0.3 is 0 Å². The van der Waals surface area contributed by atoms with Crippen LogP contribution >= 0.6 is 0 Å². The van der Waals surface area contributed by atoms with Gasteiger partial charge < -0.3 is 11.1 Å². The van der Waals surface area contributed by atoms with Crippen LogP contribution in [0, 0.1) is 17.1 Å². The minimum Gasteiger partial charge on any atom is -0.366 e. The van der Waals surface area contributed by atoms with Crippen LogP contribution in [0.2, 0.25) is 0 Å². The van der Waals surface area contributed by atoms with Crippen LogP contribution in [0.1, 0.15) is 26.3 Å². The Kier molecular flexibility index (Phi) is 4.37. The lowest BCUT2D eigenvalue weighted by Gasteiger charge is -2.13. The molecule has 96 valence electrons. The summed E-state index contributed by atoms with van der Waals surface area (Å²) in [6.45, 7) is 5.36. The van der Waals surface area contributed by atoms with Crippen molar-refractivity contribution < 1.29 is 9.18 Å². The first-order valence-electron chi connectivity index (χ1n) is 5.70. The van der Waals surface area contributed by atoms with Gasteiger partial charge in [0.25, 0.3) is 5.91 Å². The summed E-state index contributed by atoms with van der Waals surface area (Å²) in [5.41, 5.74) is 7.02. The molecular formula is C14H17FN2O. The molecule has 0 heterocycles. The molecule has 0 saturated heterocycles. The average molecular weight is 248 g/mol. The number of benzene rings is 1. The van der Waals surface area contributed by atoms with Crippen LogP contribution in [0.25, 0.3) is 5.57 Å². The Morgan fingerprint density at radius 2 is 1.78 bits per heavy atom. The maximum absolute atomic E-state index is 12.8. The van der Waals surface area contributed by atoms with Gasteiger partial charge in [0, 0.05) is 5.71 Å². The monoisotopic (exact) mass is 248 g/mol. The van der Waals surface area contributed by atoms with E-state index in [9.17, 15) is 9.18 Å². The highest BCUT2D eigenvalue weighted by Gasteiger charge is 2.18. The van der Waals surface area contributed by atoms with Crippen molar-refractivity contribution in [3.8, 4) is 0 Å². The zero-order valence-electron chi connectivity index (χ0n) is 10.8. The van der Waals surface area contributed by atoms with E-state index in [0.29, 0.717) is 11.1 Å². The lowest BCUT2D eigenvalue weighted by Crippen LogP contribution is -2.24. The van der Waals surface area contributed by atoms with Gasteiger partial charge in [0.05, 0.1) is 5.57 Å². The van der Waals surface area contributed by atoms with Crippen molar-refractivity contribution in [2.24, 2.45) is 11.7 Å². The van der Waals surface area contributed by atoms with Crippen molar-refractivity contribution >= 4 is 17.2 Å². The summed E-state index contributed by atoms with van der Waals surface area (Å²) in [5, 5.41) is 7.92. The van der Waals surface area contributed by atoms with Crippen molar-refractivity contribution in [1.29, 1.82) is 5.41 Å². The predicted molar refractivity (Wildman–Crippen MR) is 70.8 cm³/mol. The minimum atomic E-state index is -0.629. The minimum absolute atomic E-state index is 0.0945. The molecule has 0 atom stereocenters. The largest absolute Gasteiger partial charge is 0.366 e. The van der Waals surface area contributed by atoms with E-state index in [1.165, 1.54) is 12.1 Å². The third-order valence-electron chi connectivity index (χ3n) is 2.75. The normalized spacial score (nSPS) is 12.3. The van der Waals surface area contributed by atoms with E-state index in [-0.39, 0.29) is 23.0 Å². The molecule has 18 heavy (non-hydrogen) atoms. The lowest BCUT2D eigenvalue weighted by molar-refractivity contribution is -0.114. The predicted octanol–water partition coefficient (Wildman–Crippen LogP) is 2.76. The number of nitrogens with two attached hydrogens (primary N) is 1. The van der Waals surface area contributed by atoms with E-state index in [1.807, 2.05) is 13.8 Å². The van der Waals surface area contributed by atoms with Gasteiger partial charge in [0.1, 0.15) is 5.82 Å². The van der Waals surface area contributed by atoms with E-state index in [0.717, 1.165) is 0 Å². The molecule has 3 N–H and O–H groups in total. The fraction of sp³-hybridized carbons (Fsp3) is 0.286. The molecule has 0 aliphatic rings. The number of hydrogen-bond acceptors (Lipinski definition) is 2. The Bertz CT molecular complexity index is 501. The zero-order chi connectivity index (χ0) is 13.9. The van der Waals surface area contributed by atoms with Gasteiger partial charge in [-0.05, 0) is 36.1 Å². The quantitative estimate of drug-likeness (QED) is 0.624. The second-order valence-electron chi connectivity index (χ2n) is 4.44. The smallest absolute Gasteiger partial charge is 0.250 e. The summed E-state index contributed by atoms with van der Waals surface area (Å²) in [4.78, 5) is 11.5. The van der Waals surface area contributed by atoms with Crippen LogP contribution in [0.3, 0.4) is 0 Å². The molecule has 0 spiro atoms. The third-order valence-corrected chi connectivity index (χ3v) is 2.75. The van der Waals surface area contributed by atoms with E-state index in [1.54, 1.807) is 19.1 Å². The van der Waals surface area contributed by atoms with Crippen LogP contribution in [-0.2, 0) is 4.79 Å². The highest BCUT2D eigenvalue weighted by Crippen LogP contribution is 2.21. The highest BCUT2D eigenvalue weighted by atomic mass is 19.1. The summed E-state index contributed by atoms with van der Waals surface area (Å²) >= 11 is 0. The maximum Gasteiger partial charge on any atom is 0.250 e. The van der Waals surface area contributed by atoms with Crippen molar-refractivity contribution in [3.05, 3.63) is 41.2 Å². The summed E-state index contributed by atoms with van der Waals surface area (Å²) in [6.07, 6.45) is 0. The van der Waals surface area contributed by atoms with Crippen molar-refractivity contribution in [2.75, 3.05) is 0 Å². The fourth-order valence-corrected chi connectivity index (χ4v) is 1.65. The summed E-state index contributed by atoms with van der Waals surface area (Å²) in [6, 6.07) is 5.77. The number of amides is 1. The van der Waals surface area contributed by atoms with Gasteiger partial charge in [-0.15, -0.1) is 0 Å². The second kappa shape index (κ2) is 5.58. The van der Waals surface area contributed by atoms with Gasteiger partial charge in [-0.3, -0.25) is 4.79 Å². The molecule has 1 amide bonds. The van der Waals surface area contributed by atoms with Crippen molar-refractivity contribution in [2.45, 2.75) is 20.8 Å². The molecule has 1 aromatic carbocycles. The summed E-state index contributed by atoms with van der Waals surface area (Å²) < 4.78 is 12.8. The molecule has 0 aliphatic carbocycles. The first-order chi connectivity index (χ1) is 8.34. The lowest BCUT2D eigenvalue weighted by atomic mass is 9.92. The molecule has 3 nitrogen and oxygen atoms in total. The Balaban J connectivity index is 3.32. The van der Waals surface area contributed by atoms with E-state index >= 15 is 0 Å². The number of allylic oxidation sites excluding steroid dienone is 1. The molecule has 0 unspecified atom stereocenters. The molecule has 0 saturated carbocycles. The van der Waals surface area contributed by atoms with E-state index in [2.05, 4.69) is 0 Å². The Labute approximate surface area is 106 Å². The molecule has 0 aromatic heterocycles. The highest BCUT2D eigenvalue weighted by molar-refractivity contribution is 6.25. The number of rotatable bonds is 4. The van der Waals surface area contributed by atoms with Gasteiger partial charge in [-0.1, -0.05) is 26.0 Å². The van der Waals surface area contributed by atoms with Crippen LogP contribution in [0.15, 0.2) is 29.8 Å². The molecule has 1 aromatic rings. The second-order valence-corrected chi connectivity index (χ2v) is 4.44. The average Bonchev–Trinajstić information content (AvgIpc) is 2.29. The Morgan fingerprint density at radius 3 is 2.17 bits per heavy atom. The number of primary amides is 1. The first-order valence-corrected chi connectivity index (χ1v) is 5.70. The number of halogens is 1. The van der Waals surface area contributed by atoms with Crippen LogP contribution in [0.5, 0.6) is 0 Å². The number of carbonyl (C=O) groups is 1. The van der Waals surface area contributed by atoms with Gasteiger partial charge in [-0.25, -0.2) is 4.39 Å². The number of hydrogen-bond donors (Lipinski definition) is 2. The van der Waals surface area contributed by atoms with Crippen LogP contribution < -0.4 is 5.73 Å². The molecule has 0 bridgehead atoms. The van der Waals surface area contributed by atoms with Crippen molar-refractivity contribution in [3.63, 3.8) is 0 Å². The van der Waals surface area contributed by atoms with Gasteiger partial charge in [0.15, 0.2) is 0 Å². The molecule has 0 radical (unpaired) electrons. The summed E-state index contributed by atoms with van der Waals surface area (Å²) in [7, 11) is 0. The molecule has 0 aliphatic heterocycles. The van der Waals surface area contributed by atoms with Gasteiger partial charge in [-0.2, -0.15) is 0 Å². The summed E-state index contributed by atoms with van der Waals surface area (Å²) in [5.74, 6) is -1.07. The molecular weight excluding hydrogens is 231 g/mol. The van der Waals surface area contributed by atoms with Crippen molar-refractivity contribution in [1.82, 2.24) is 0 Å². The maximum atomic E-state index is 12.8. The van der Waals surface area contributed by atoms with Gasteiger partial charge in [0.2, 0.25) is 0 Å². The Morgan fingerprint density at radius 1 is 1.28 bits per heavy atom. The fourth-order valence-electron chi connectivity index (χ4n) is 1.65. The number of carbonyl (C=O) groups excluding carboxylic acids is 1. The topological polar surface area (TPSA) is 66.9 Å².